The van der Waals surface area contributed by atoms with Crippen molar-refractivity contribution in [1.29, 1.82) is 0 Å². The second-order valence-corrected chi connectivity index (χ2v) is 16.6. The number of ether oxygens (including phenoxy) is 2. The van der Waals surface area contributed by atoms with E-state index >= 15 is 0 Å². The van der Waals surface area contributed by atoms with Gasteiger partial charge in [0, 0.05) is 11.1 Å². The third-order valence-electron chi connectivity index (χ3n) is 13.4. The number of carbonyl (C=O) groups is 2. The van der Waals surface area contributed by atoms with E-state index in [0.717, 1.165) is 118 Å². The van der Waals surface area contributed by atoms with Crippen LogP contribution in [0, 0.1) is 0 Å². The van der Waals surface area contributed by atoms with Gasteiger partial charge < -0.3 is 9.47 Å². The fraction of sp³-hybridized carbons (Fsp3) is 0.185. The van der Waals surface area contributed by atoms with Gasteiger partial charge in [-0.05, 0) is 176 Å². The standard InChI is InChI=1S/C54H40O4/c55-53(43-27-21-37-17-15-33-9-5-11-35-19-25-41(43)49(37)47(33)35)57-45-29-23-31-7-1-3-13-39(31)51(45)52-40-14-4-2-8-32(40)24-30-46(52)58-54(56)44-28-22-38-18-16-34-10-6-12-36-20-26-42(44)50(38)48(34)36/h5-6,9,11-12,15-17,19-30H,1-4,7-8,10,13-14,18H2. The number of aryl methyl sites for hydroxylation is 2. The summed E-state index contributed by atoms with van der Waals surface area (Å²) in [5.74, 6) is 0.278. The predicted molar refractivity (Wildman–Crippen MR) is 235 cm³/mol. The summed E-state index contributed by atoms with van der Waals surface area (Å²) in [7, 11) is 0. The maximum atomic E-state index is 14.6. The molecular weight excluding hydrogens is 713 g/mol. The van der Waals surface area contributed by atoms with E-state index in [1.807, 2.05) is 30.3 Å². The van der Waals surface area contributed by atoms with Crippen molar-refractivity contribution in [2.24, 2.45) is 0 Å². The summed E-state index contributed by atoms with van der Waals surface area (Å²) in [4.78, 5) is 29.2. The van der Waals surface area contributed by atoms with Crippen LogP contribution >= 0.6 is 0 Å². The molecule has 8 aromatic rings. The van der Waals surface area contributed by atoms with Crippen LogP contribution in [-0.4, -0.2) is 11.9 Å². The molecule has 0 saturated carbocycles. The molecule has 4 nitrogen and oxygen atoms in total. The SMILES string of the molecule is O=C(Oc1ccc2c(c1-c1c(OC(=O)c3ccc4ccc5cccc6ccc3c4c56)ccc3c1CCCC3)CCCC2)c1ccc2c3c4c(ccc13)C=CCC4=CC2. The first kappa shape index (κ1) is 33.6. The first-order valence-electron chi connectivity index (χ1n) is 20.9. The van der Waals surface area contributed by atoms with Crippen molar-refractivity contribution in [2.75, 3.05) is 0 Å². The molecule has 58 heavy (non-hydrogen) atoms. The Morgan fingerprint density at radius 1 is 0.466 bits per heavy atom. The lowest BCUT2D eigenvalue weighted by Crippen LogP contribution is -2.16. The normalized spacial score (nSPS) is 15.4. The average Bonchev–Trinajstić information content (AvgIpc) is 3.27. The molecule has 0 radical (unpaired) electrons. The summed E-state index contributed by atoms with van der Waals surface area (Å²) >= 11 is 0. The Kier molecular flexibility index (Phi) is 7.54. The summed E-state index contributed by atoms with van der Waals surface area (Å²) in [6.07, 6.45) is 16.5. The van der Waals surface area contributed by atoms with Crippen molar-refractivity contribution < 1.29 is 19.1 Å². The molecule has 0 unspecified atom stereocenters. The summed E-state index contributed by atoms with van der Waals surface area (Å²) in [6, 6.07) is 35.2. The van der Waals surface area contributed by atoms with E-state index in [-0.39, 0.29) is 5.97 Å². The molecule has 0 aromatic heterocycles. The maximum Gasteiger partial charge on any atom is 0.344 e. The van der Waals surface area contributed by atoms with Crippen LogP contribution in [0.15, 0.2) is 115 Å². The highest BCUT2D eigenvalue weighted by Crippen LogP contribution is 2.48. The molecule has 4 aliphatic rings. The molecule has 4 aliphatic carbocycles. The van der Waals surface area contributed by atoms with E-state index in [9.17, 15) is 9.59 Å². The van der Waals surface area contributed by atoms with E-state index in [2.05, 4.69) is 91.0 Å². The van der Waals surface area contributed by atoms with Crippen LogP contribution in [0.2, 0.25) is 0 Å². The van der Waals surface area contributed by atoms with Crippen LogP contribution in [-0.2, 0) is 32.1 Å². The zero-order valence-corrected chi connectivity index (χ0v) is 32.3. The number of allylic oxidation sites excluding steroid dienone is 3. The lowest BCUT2D eigenvalue weighted by atomic mass is 9.80. The van der Waals surface area contributed by atoms with Gasteiger partial charge in [0.05, 0.1) is 11.1 Å². The molecule has 0 fully saturated rings. The van der Waals surface area contributed by atoms with Crippen LogP contribution in [0.4, 0.5) is 0 Å². The highest BCUT2D eigenvalue weighted by molar-refractivity contribution is 6.26. The minimum atomic E-state index is -0.391. The van der Waals surface area contributed by atoms with Crippen molar-refractivity contribution in [2.45, 2.75) is 64.2 Å². The lowest BCUT2D eigenvalue weighted by molar-refractivity contribution is 0.0725. The summed E-state index contributed by atoms with van der Waals surface area (Å²) < 4.78 is 13.3. The topological polar surface area (TPSA) is 52.6 Å². The van der Waals surface area contributed by atoms with Gasteiger partial charge in [-0.25, -0.2) is 9.59 Å². The smallest absolute Gasteiger partial charge is 0.344 e. The van der Waals surface area contributed by atoms with E-state index in [4.69, 9.17) is 9.47 Å². The molecule has 0 spiro atoms. The largest absolute Gasteiger partial charge is 0.422 e. The van der Waals surface area contributed by atoms with Crippen LogP contribution in [0.5, 0.6) is 11.5 Å². The van der Waals surface area contributed by atoms with Gasteiger partial charge in [-0.1, -0.05) is 97.1 Å². The monoisotopic (exact) mass is 752 g/mol. The Balaban J connectivity index is 1.000. The summed E-state index contributed by atoms with van der Waals surface area (Å²) in [5, 5.41) is 8.63. The lowest BCUT2D eigenvalue weighted by Gasteiger charge is -2.27. The van der Waals surface area contributed by atoms with Gasteiger partial charge in [-0.3, -0.25) is 0 Å². The first-order chi connectivity index (χ1) is 28.6. The van der Waals surface area contributed by atoms with Crippen molar-refractivity contribution >= 4 is 66.7 Å². The molecule has 8 aromatic carbocycles. The number of carbonyl (C=O) groups excluding carboxylic acids is 2. The molecule has 0 aliphatic heterocycles. The quantitative estimate of drug-likeness (QED) is 0.0998. The number of hydrogen-bond donors (Lipinski definition) is 0. The van der Waals surface area contributed by atoms with Gasteiger partial charge in [-0.15, -0.1) is 0 Å². The average molecular weight is 753 g/mol. The number of fused-ring (bicyclic) bond motifs is 2. The van der Waals surface area contributed by atoms with E-state index in [1.165, 1.54) is 44.5 Å². The Bertz CT molecular complexity index is 3140. The van der Waals surface area contributed by atoms with E-state index in [0.29, 0.717) is 22.6 Å². The van der Waals surface area contributed by atoms with Crippen molar-refractivity contribution in [1.82, 2.24) is 0 Å². The minimum absolute atomic E-state index is 0.372. The molecule has 280 valence electrons. The van der Waals surface area contributed by atoms with Gasteiger partial charge in [0.1, 0.15) is 11.5 Å². The minimum Gasteiger partial charge on any atom is -0.422 e. The fourth-order valence-corrected chi connectivity index (χ4v) is 10.8. The number of esters is 2. The molecule has 0 N–H and O–H groups in total. The Morgan fingerprint density at radius 3 is 1.71 bits per heavy atom. The van der Waals surface area contributed by atoms with Gasteiger partial charge >= 0.3 is 11.9 Å². The molecule has 12 rings (SSSR count). The number of benzene rings is 8. The Morgan fingerprint density at radius 2 is 1.02 bits per heavy atom. The van der Waals surface area contributed by atoms with Gasteiger partial charge in [-0.2, -0.15) is 0 Å². The zero-order chi connectivity index (χ0) is 38.5. The fourth-order valence-electron chi connectivity index (χ4n) is 10.8. The summed E-state index contributed by atoms with van der Waals surface area (Å²) in [5.41, 5.74) is 12.9. The first-order valence-corrected chi connectivity index (χ1v) is 20.9. The van der Waals surface area contributed by atoms with Crippen molar-refractivity contribution in [3.8, 4) is 22.6 Å². The maximum absolute atomic E-state index is 14.6. The molecular formula is C54H40O4. The predicted octanol–water partition coefficient (Wildman–Crippen LogP) is 13.0. The van der Waals surface area contributed by atoms with Crippen molar-refractivity contribution in [3.05, 3.63) is 165 Å². The third-order valence-corrected chi connectivity index (χ3v) is 13.4. The molecule has 4 heteroatoms. The van der Waals surface area contributed by atoms with Gasteiger partial charge in [0.15, 0.2) is 0 Å². The van der Waals surface area contributed by atoms with Crippen LogP contribution in [0.3, 0.4) is 0 Å². The zero-order valence-electron chi connectivity index (χ0n) is 32.3. The van der Waals surface area contributed by atoms with E-state index in [1.54, 1.807) is 0 Å². The van der Waals surface area contributed by atoms with Crippen LogP contribution in [0.1, 0.15) is 91.8 Å². The highest BCUT2D eigenvalue weighted by Gasteiger charge is 2.30. The molecule has 0 heterocycles. The Hall–Kier alpha value is -6.52. The Labute approximate surface area is 336 Å². The van der Waals surface area contributed by atoms with Gasteiger partial charge in [0.25, 0.3) is 0 Å². The van der Waals surface area contributed by atoms with Crippen LogP contribution < -0.4 is 9.47 Å². The number of rotatable bonds is 5. The molecule has 0 atom stereocenters. The third kappa shape index (κ3) is 5.07. The molecule has 0 bridgehead atoms. The van der Waals surface area contributed by atoms with E-state index < -0.39 is 5.97 Å². The second kappa shape index (κ2) is 13.0. The van der Waals surface area contributed by atoms with Crippen molar-refractivity contribution in [3.63, 3.8) is 0 Å². The van der Waals surface area contributed by atoms with Gasteiger partial charge in [0.2, 0.25) is 0 Å². The molecule has 0 amide bonds. The number of hydrogen-bond acceptors (Lipinski definition) is 4. The highest BCUT2D eigenvalue weighted by atomic mass is 16.5. The van der Waals surface area contributed by atoms with Crippen LogP contribution in [0.25, 0.3) is 65.9 Å². The molecule has 0 saturated heterocycles. The summed E-state index contributed by atoms with van der Waals surface area (Å²) in [6.45, 7) is 0. The second-order valence-electron chi connectivity index (χ2n) is 16.6.